The number of benzene rings is 2. The van der Waals surface area contributed by atoms with Gasteiger partial charge in [-0.25, -0.2) is 9.37 Å². The SMILES string of the molecule is CCCc1nc(Cl)c(CO)n1Cc1ccc(-c2ccccc2N(S(=O)[O-])C(C)(C)C)cc1F. The molecule has 0 amide bonds. The molecule has 1 atom stereocenters. The minimum absolute atomic E-state index is 0.178. The second-order valence-electron chi connectivity index (χ2n) is 8.77. The van der Waals surface area contributed by atoms with Gasteiger partial charge in [0.15, 0.2) is 5.15 Å². The number of halogens is 2. The third kappa shape index (κ3) is 5.46. The number of aliphatic hydroxyl groups is 1. The maximum atomic E-state index is 15.2. The van der Waals surface area contributed by atoms with Crippen LogP contribution in [0.2, 0.25) is 5.15 Å². The molecule has 1 heterocycles. The number of imidazole rings is 1. The van der Waals surface area contributed by atoms with Crippen LogP contribution >= 0.6 is 11.6 Å². The first-order chi connectivity index (χ1) is 15.6. The molecule has 1 N–H and O–H groups in total. The van der Waals surface area contributed by atoms with Gasteiger partial charge in [-0.1, -0.05) is 48.9 Å². The smallest absolute Gasteiger partial charge is 0.152 e. The van der Waals surface area contributed by atoms with Crippen molar-refractivity contribution in [2.45, 2.75) is 59.2 Å². The third-order valence-electron chi connectivity index (χ3n) is 5.30. The van der Waals surface area contributed by atoms with Crippen LogP contribution in [0.4, 0.5) is 10.1 Å². The normalized spacial score (nSPS) is 12.7. The summed E-state index contributed by atoms with van der Waals surface area (Å²) < 4.78 is 42.3. The van der Waals surface area contributed by atoms with E-state index in [1.807, 2.05) is 6.92 Å². The van der Waals surface area contributed by atoms with Gasteiger partial charge in [-0.05, 0) is 44.9 Å². The molecule has 0 radical (unpaired) electrons. The molecule has 9 heteroatoms. The summed E-state index contributed by atoms with van der Waals surface area (Å²) in [5, 5.41) is 9.94. The maximum absolute atomic E-state index is 15.2. The minimum Gasteiger partial charge on any atom is -0.755 e. The van der Waals surface area contributed by atoms with Gasteiger partial charge in [-0.15, -0.1) is 0 Å². The zero-order valence-corrected chi connectivity index (χ0v) is 20.7. The van der Waals surface area contributed by atoms with E-state index in [4.69, 9.17) is 11.6 Å². The quantitative estimate of drug-likeness (QED) is 0.436. The number of anilines is 1. The molecule has 0 aliphatic carbocycles. The van der Waals surface area contributed by atoms with Crippen LogP contribution in [0.3, 0.4) is 0 Å². The lowest BCUT2D eigenvalue weighted by Crippen LogP contribution is -2.42. The summed E-state index contributed by atoms with van der Waals surface area (Å²) in [6.45, 7) is 7.29. The van der Waals surface area contributed by atoms with E-state index in [2.05, 4.69) is 4.98 Å². The number of hydrogen-bond acceptors (Lipinski definition) is 4. The first-order valence-electron chi connectivity index (χ1n) is 10.7. The number of aromatic nitrogens is 2. The molecular formula is C24H28ClFN3O3S-. The number of aliphatic hydroxyl groups excluding tert-OH is 1. The van der Waals surface area contributed by atoms with Crippen molar-refractivity contribution in [1.29, 1.82) is 0 Å². The van der Waals surface area contributed by atoms with Gasteiger partial charge < -0.3 is 14.2 Å². The highest BCUT2D eigenvalue weighted by Crippen LogP contribution is 2.36. The Hall–Kier alpha value is -2.26. The van der Waals surface area contributed by atoms with E-state index >= 15 is 4.39 Å². The number of para-hydroxylation sites is 1. The lowest BCUT2D eigenvalue weighted by Gasteiger charge is -2.39. The first kappa shape index (κ1) is 25.4. The van der Waals surface area contributed by atoms with Gasteiger partial charge in [0.1, 0.15) is 11.6 Å². The Kier molecular flexibility index (Phi) is 7.95. The highest BCUT2D eigenvalue weighted by molar-refractivity contribution is 7.80. The Morgan fingerprint density at radius 1 is 1.24 bits per heavy atom. The van der Waals surface area contributed by atoms with Crippen molar-refractivity contribution in [1.82, 2.24) is 9.55 Å². The summed E-state index contributed by atoms with van der Waals surface area (Å²) >= 11 is 3.66. The highest BCUT2D eigenvalue weighted by atomic mass is 35.5. The first-order valence-corrected chi connectivity index (χ1v) is 12.1. The number of rotatable bonds is 8. The van der Waals surface area contributed by atoms with E-state index in [1.54, 1.807) is 61.7 Å². The monoisotopic (exact) mass is 492 g/mol. The van der Waals surface area contributed by atoms with Crippen LogP contribution in [0.5, 0.6) is 0 Å². The minimum atomic E-state index is -2.51. The topological polar surface area (TPSA) is 81.4 Å². The summed E-state index contributed by atoms with van der Waals surface area (Å²) in [6, 6.07) is 11.9. The molecule has 3 rings (SSSR count). The Balaban J connectivity index is 2.03. The second kappa shape index (κ2) is 10.3. The number of aryl methyl sites for hydroxylation is 1. The summed E-state index contributed by atoms with van der Waals surface area (Å²) in [5.41, 5.74) is 1.81. The van der Waals surface area contributed by atoms with E-state index in [0.717, 1.165) is 6.42 Å². The number of nitrogens with zero attached hydrogens (tertiary/aromatic N) is 3. The molecule has 0 aliphatic rings. The fourth-order valence-electron chi connectivity index (χ4n) is 3.83. The standard InChI is InChI=1S/C24H29ClFN3O3S/c1-5-8-22-27-23(25)21(15-30)28(22)14-17-12-11-16(13-19(17)26)18-9-6-7-10-20(18)29(33(31)32)24(2,3)4/h6-7,9-13,30H,5,8,14-15H2,1-4H3,(H,31,32)/p-1. The van der Waals surface area contributed by atoms with E-state index in [1.165, 1.54) is 10.4 Å². The molecular weight excluding hydrogens is 465 g/mol. The number of hydrogen-bond donors (Lipinski definition) is 1. The molecule has 6 nitrogen and oxygen atoms in total. The molecule has 33 heavy (non-hydrogen) atoms. The molecule has 0 saturated heterocycles. The van der Waals surface area contributed by atoms with Crippen LogP contribution in [0.1, 0.15) is 51.2 Å². The van der Waals surface area contributed by atoms with Gasteiger partial charge in [0.05, 0.1) is 24.5 Å². The van der Waals surface area contributed by atoms with Crippen LogP contribution in [0.25, 0.3) is 11.1 Å². The van der Waals surface area contributed by atoms with Crippen molar-refractivity contribution >= 4 is 28.6 Å². The summed E-state index contributed by atoms with van der Waals surface area (Å²) in [7, 11) is 0. The average Bonchev–Trinajstić information content (AvgIpc) is 3.03. The van der Waals surface area contributed by atoms with E-state index in [-0.39, 0.29) is 18.3 Å². The van der Waals surface area contributed by atoms with Crippen LogP contribution in [0, 0.1) is 5.82 Å². The van der Waals surface area contributed by atoms with Crippen LogP contribution in [0.15, 0.2) is 42.5 Å². The van der Waals surface area contributed by atoms with Crippen LogP contribution in [-0.4, -0.2) is 29.0 Å². The maximum Gasteiger partial charge on any atom is 0.152 e. The van der Waals surface area contributed by atoms with Gasteiger partial charge in [-0.3, -0.25) is 8.51 Å². The van der Waals surface area contributed by atoms with Crippen molar-refractivity contribution in [2.24, 2.45) is 0 Å². The van der Waals surface area contributed by atoms with Crippen molar-refractivity contribution in [2.75, 3.05) is 4.31 Å². The van der Waals surface area contributed by atoms with Gasteiger partial charge in [0.2, 0.25) is 0 Å². The predicted molar refractivity (Wildman–Crippen MR) is 129 cm³/mol. The Bertz CT molecular complexity index is 1160. The van der Waals surface area contributed by atoms with Crippen molar-refractivity contribution in [3.63, 3.8) is 0 Å². The Morgan fingerprint density at radius 3 is 2.52 bits per heavy atom. The average molecular weight is 493 g/mol. The Morgan fingerprint density at radius 2 is 1.94 bits per heavy atom. The lowest BCUT2D eigenvalue weighted by molar-refractivity contribution is 0.271. The largest absolute Gasteiger partial charge is 0.755 e. The van der Waals surface area contributed by atoms with Crippen molar-refractivity contribution < 1.29 is 18.3 Å². The zero-order chi connectivity index (χ0) is 24.3. The zero-order valence-electron chi connectivity index (χ0n) is 19.1. The van der Waals surface area contributed by atoms with E-state index in [0.29, 0.717) is 40.3 Å². The molecule has 178 valence electrons. The fourth-order valence-corrected chi connectivity index (χ4v) is 4.86. The fraction of sp³-hybridized carbons (Fsp3) is 0.375. The molecule has 0 saturated carbocycles. The molecule has 0 fully saturated rings. The summed E-state index contributed by atoms with van der Waals surface area (Å²) in [5.74, 6) is 0.253. The highest BCUT2D eigenvalue weighted by Gasteiger charge is 2.25. The third-order valence-corrected chi connectivity index (χ3v) is 6.65. The van der Waals surface area contributed by atoms with Gasteiger partial charge in [0, 0.05) is 34.4 Å². The second-order valence-corrected chi connectivity index (χ2v) is 9.92. The van der Waals surface area contributed by atoms with Gasteiger partial charge in [-0.2, -0.15) is 0 Å². The van der Waals surface area contributed by atoms with E-state index in [9.17, 15) is 13.9 Å². The summed E-state index contributed by atoms with van der Waals surface area (Å²) in [6.07, 6.45) is 1.49. The molecule has 0 bridgehead atoms. The van der Waals surface area contributed by atoms with Crippen LogP contribution < -0.4 is 4.31 Å². The van der Waals surface area contributed by atoms with Crippen molar-refractivity contribution in [3.05, 3.63) is 70.5 Å². The predicted octanol–water partition coefficient (Wildman–Crippen LogP) is 5.23. The Labute approximate surface area is 201 Å². The molecule has 0 aliphatic heterocycles. The van der Waals surface area contributed by atoms with Crippen LogP contribution in [-0.2, 0) is 30.8 Å². The molecule has 1 unspecified atom stereocenters. The molecule has 2 aromatic carbocycles. The van der Waals surface area contributed by atoms with Gasteiger partial charge >= 0.3 is 0 Å². The van der Waals surface area contributed by atoms with Crippen molar-refractivity contribution in [3.8, 4) is 11.1 Å². The van der Waals surface area contributed by atoms with Gasteiger partial charge in [0.25, 0.3) is 0 Å². The lowest BCUT2D eigenvalue weighted by atomic mass is 9.99. The summed E-state index contributed by atoms with van der Waals surface area (Å²) in [4.78, 5) is 4.31. The molecule has 1 aromatic heterocycles. The molecule has 0 spiro atoms. The molecule has 3 aromatic rings. The van der Waals surface area contributed by atoms with E-state index < -0.39 is 22.6 Å².